The summed E-state index contributed by atoms with van der Waals surface area (Å²) >= 11 is 0. The largest absolute Gasteiger partial charge is 0.354 e. The van der Waals surface area contributed by atoms with E-state index < -0.39 is 20.5 Å². The van der Waals surface area contributed by atoms with Gasteiger partial charge >= 0.3 is 5.76 Å². The first-order chi connectivity index (χ1) is 10.9. The van der Waals surface area contributed by atoms with Crippen molar-refractivity contribution in [2.75, 3.05) is 5.32 Å². The zero-order valence-electron chi connectivity index (χ0n) is 11.9. The molecule has 0 aliphatic rings. The SMILES string of the molecule is Cn1cnc2c(Nc3ccc(S(=O)(=O)C(F)F)cc3)ccnc21. The number of nitrogens with zero attached hydrogens (tertiary/aromatic N) is 3. The maximum Gasteiger partial charge on any atom is 0.341 e. The van der Waals surface area contributed by atoms with Gasteiger partial charge in [-0.25, -0.2) is 18.4 Å². The van der Waals surface area contributed by atoms with Crippen molar-refractivity contribution in [2.24, 2.45) is 7.05 Å². The zero-order chi connectivity index (χ0) is 16.6. The topological polar surface area (TPSA) is 76.9 Å². The van der Waals surface area contributed by atoms with Gasteiger partial charge in [-0.1, -0.05) is 0 Å². The number of nitrogens with one attached hydrogen (secondary N) is 1. The summed E-state index contributed by atoms with van der Waals surface area (Å²) < 4.78 is 49.5. The third kappa shape index (κ3) is 2.74. The van der Waals surface area contributed by atoms with Crippen LogP contribution in [0.3, 0.4) is 0 Å². The first-order valence-electron chi connectivity index (χ1n) is 6.55. The van der Waals surface area contributed by atoms with E-state index in [0.29, 0.717) is 22.5 Å². The fourth-order valence-corrected chi connectivity index (χ4v) is 2.84. The number of anilines is 2. The lowest BCUT2D eigenvalue weighted by Gasteiger charge is -2.08. The van der Waals surface area contributed by atoms with E-state index in [9.17, 15) is 17.2 Å². The van der Waals surface area contributed by atoms with Crippen LogP contribution in [0.15, 0.2) is 47.8 Å². The fourth-order valence-electron chi connectivity index (χ4n) is 2.11. The third-order valence-electron chi connectivity index (χ3n) is 3.30. The Bertz CT molecular complexity index is 953. The summed E-state index contributed by atoms with van der Waals surface area (Å²) in [4.78, 5) is 8.02. The number of imidazole rings is 1. The van der Waals surface area contributed by atoms with Gasteiger partial charge in [-0.05, 0) is 30.3 Å². The summed E-state index contributed by atoms with van der Waals surface area (Å²) in [6.45, 7) is 0. The number of alkyl halides is 2. The van der Waals surface area contributed by atoms with Crippen molar-refractivity contribution in [3.05, 3.63) is 42.9 Å². The van der Waals surface area contributed by atoms with Crippen LogP contribution in [0.2, 0.25) is 0 Å². The average Bonchev–Trinajstić information content (AvgIpc) is 2.90. The van der Waals surface area contributed by atoms with E-state index in [1.165, 1.54) is 12.1 Å². The van der Waals surface area contributed by atoms with E-state index in [4.69, 9.17) is 0 Å². The smallest absolute Gasteiger partial charge is 0.341 e. The number of pyridine rings is 1. The standard InChI is InChI=1S/C14H12F2N4O2S/c1-20-8-18-12-11(6-7-17-13(12)20)19-9-2-4-10(5-3-9)23(21,22)14(15)16/h2-8,14H,1H3,(H,17,19). The van der Waals surface area contributed by atoms with Crippen LogP contribution in [-0.4, -0.2) is 28.7 Å². The van der Waals surface area contributed by atoms with Crippen molar-refractivity contribution in [1.82, 2.24) is 14.5 Å². The molecule has 1 N–H and O–H groups in total. The Labute approximate surface area is 130 Å². The Morgan fingerprint density at radius 3 is 2.48 bits per heavy atom. The summed E-state index contributed by atoms with van der Waals surface area (Å²) in [6, 6.07) is 6.84. The van der Waals surface area contributed by atoms with Crippen LogP contribution in [0.25, 0.3) is 11.2 Å². The van der Waals surface area contributed by atoms with Crippen molar-refractivity contribution in [2.45, 2.75) is 10.7 Å². The molecule has 120 valence electrons. The minimum atomic E-state index is -4.58. The number of halogens is 2. The Hall–Kier alpha value is -2.55. The monoisotopic (exact) mass is 338 g/mol. The molecule has 0 fully saturated rings. The molecule has 0 amide bonds. The maximum absolute atomic E-state index is 12.5. The van der Waals surface area contributed by atoms with Gasteiger partial charge in [0.15, 0.2) is 5.65 Å². The highest BCUT2D eigenvalue weighted by Gasteiger charge is 2.26. The number of aromatic nitrogens is 3. The number of hydrogen-bond donors (Lipinski definition) is 1. The quantitative estimate of drug-likeness (QED) is 0.791. The summed E-state index contributed by atoms with van der Waals surface area (Å²) in [5, 5.41) is 3.07. The molecular formula is C14H12F2N4O2S. The lowest BCUT2D eigenvalue weighted by molar-refractivity contribution is 0.234. The summed E-state index contributed by atoms with van der Waals surface area (Å²) in [5.74, 6) is -3.44. The molecule has 3 aromatic rings. The van der Waals surface area contributed by atoms with E-state index in [-0.39, 0.29) is 0 Å². The molecule has 9 heteroatoms. The molecule has 1 aromatic carbocycles. The third-order valence-corrected chi connectivity index (χ3v) is 4.69. The van der Waals surface area contributed by atoms with Crippen molar-refractivity contribution in [3.8, 4) is 0 Å². The van der Waals surface area contributed by atoms with Gasteiger partial charge in [-0.15, -0.1) is 0 Å². The highest BCUT2D eigenvalue weighted by atomic mass is 32.2. The molecule has 2 aromatic heterocycles. The van der Waals surface area contributed by atoms with E-state index in [0.717, 1.165) is 12.1 Å². The van der Waals surface area contributed by atoms with Gasteiger partial charge in [0.25, 0.3) is 0 Å². The van der Waals surface area contributed by atoms with Crippen molar-refractivity contribution in [3.63, 3.8) is 0 Å². The lowest BCUT2D eigenvalue weighted by atomic mass is 10.3. The average molecular weight is 338 g/mol. The normalized spacial score (nSPS) is 12.0. The minimum absolute atomic E-state index is 0.421. The van der Waals surface area contributed by atoms with Crippen LogP contribution in [0.1, 0.15) is 0 Å². The number of benzene rings is 1. The van der Waals surface area contributed by atoms with Gasteiger partial charge < -0.3 is 9.88 Å². The molecule has 0 saturated heterocycles. The second kappa shape index (κ2) is 5.58. The fraction of sp³-hybridized carbons (Fsp3) is 0.143. The van der Waals surface area contributed by atoms with Crippen LogP contribution in [0.5, 0.6) is 0 Å². The molecule has 0 unspecified atom stereocenters. The van der Waals surface area contributed by atoms with Crippen LogP contribution in [0.4, 0.5) is 20.2 Å². The van der Waals surface area contributed by atoms with Crippen LogP contribution in [-0.2, 0) is 16.9 Å². The number of hydrogen-bond acceptors (Lipinski definition) is 5. The first-order valence-corrected chi connectivity index (χ1v) is 8.09. The number of fused-ring (bicyclic) bond motifs is 1. The molecule has 6 nitrogen and oxygen atoms in total. The second-order valence-electron chi connectivity index (χ2n) is 4.84. The lowest BCUT2D eigenvalue weighted by Crippen LogP contribution is -2.11. The molecule has 0 saturated carbocycles. The molecule has 0 radical (unpaired) electrons. The predicted octanol–water partition coefficient (Wildman–Crippen LogP) is 2.71. The highest BCUT2D eigenvalue weighted by Crippen LogP contribution is 2.25. The molecular weight excluding hydrogens is 326 g/mol. The van der Waals surface area contributed by atoms with Crippen molar-refractivity contribution in [1.29, 1.82) is 0 Å². The van der Waals surface area contributed by atoms with E-state index in [2.05, 4.69) is 15.3 Å². The molecule has 0 spiro atoms. The minimum Gasteiger partial charge on any atom is -0.354 e. The molecule has 0 aliphatic carbocycles. The first kappa shape index (κ1) is 15.3. The van der Waals surface area contributed by atoms with E-state index >= 15 is 0 Å². The molecule has 3 rings (SSSR count). The van der Waals surface area contributed by atoms with Crippen LogP contribution in [0, 0.1) is 0 Å². The molecule has 2 heterocycles. The van der Waals surface area contributed by atoms with Gasteiger partial charge in [0.1, 0.15) is 5.52 Å². The summed E-state index contributed by atoms with van der Waals surface area (Å²) in [6.07, 6.45) is 3.24. The van der Waals surface area contributed by atoms with Crippen molar-refractivity contribution >= 4 is 32.4 Å². The Balaban J connectivity index is 1.92. The van der Waals surface area contributed by atoms with Gasteiger partial charge in [0.05, 0.1) is 16.9 Å². The van der Waals surface area contributed by atoms with E-state index in [1.807, 2.05) is 7.05 Å². The molecule has 23 heavy (non-hydrogen) atoms. The predicted molar refractivity (Wildman–Crippen MR) is 81.4 cm³/mol. The summed E-state index contributed by atoms with van der Waals surface area (Å²) in [7, 11) is -2.77. The van der Waals surface area contributed by atoms with Gasteiger partial charge in [0, 0.05) is 18.9 Å². The van der Waals surface area contributed by atoms with Crippen LogP contribution >= 0.6 is 0 Å². The van der Waals surface area contributed by atoms with E-state index in [1.54, 1.807) is 23.2 Å². The Morgan fingerprint density at radius 2 is 1.83 bits per heavy atom. The number of sulfone groups is 1. The zero-order valence-corrected chi connectivity index (χ0v) is 12.8. The number of aryl methyl sites for hydroxylation is 1. The second-order valence-corrected chi connectivity index (χ2v) is 6.76. The van der Waals surface area contributed by atoms with Gasteiger partial charge in [-0.2, -0.15) is 8.78 Å². The summed E-state index contributed by atoms with van der Waals surface area (Å²) in [5.41, 5.74) is 2.57. The Morgan fingerprint density at radius 1 is 1.13 bits per heavy atom. The van der Waals surface area contributed by atoms with Crippen LogP contribution < -0.4 is 5.32 Å². The molecule has 0 atom stereocenters. The van der Waals surface area contributed by atoms with Gasteiger partial charge in [-0.3, -0.25) is 0 Å². The van der Waals surface area contributed by atoms with Gasteiger partial charge in [0.2, 0.25) is 9.84 Å². The van der Waals surface area contributed by atoms with Crippen molar-refractivity contribution < 1.29 is 17.2 Å². The highest BCUT2D eigenvalue weighted by molar-refractivity contribution is 7.91. The maximum atomic E-state index is 12.5. The number of rotatable bonds is 4. The Kier molecular flexibility index (Phi) is 3.72. The molecule has 0 aliphatic heterocycles. The molecule has 0 bridgehead atoms.